The highest BCUT2D eigenvalue weighted by Gasteiger charge is 2.45. The molecule has 3 unspecified atom stereocenters. The van der Waals surface area contributed by atoms with Gasteiger partial charge in [0.15, 0.2) is 0 Å². The third-order valence-corrected chi connectivity index (χ3v) is 3.74. The number of alkyl halides is 3. The molecule has 0 saturated heterocycles. The van der Waals surface area contributed by atoms with Crippen LogP contribution in [0.25, 0.3) is 0 Å². The van der Waals surface area contributed by atoms with Crippen molar-refractivity contribution in [2.45, 2.75) is 50.9 Å². The van der Waals surface area contributed by atoms with Crippen LogP contribution in [0.5, 0.6) is 0 Å². The Bertz CT molecular complexity index is 228. The Morgan fingerprint density at radius 2 is 1.82 bits per heavy atom. The van der Waals surface area contributed by atoms with Crippen molar-refractivity contribution < 1.29 is 13.2 Å². The average Bonchev–Trinajstić information content (AvgIpc) is 2.24. The molecule has 17 heavy (non-hydrogen) atoms. The summed E-state index contributed by atoms with van der Waals surface area (Å²) in [5.41, 5.74) is 0. The first-order chi connectivity index (χ1) is 7.82. The largest absolute Gasteiger partial charge is 0.393 e. The van der Waals surface area contributed by atoms with Crippen LogP contribution in [-0.2, 0) is 0 Å². The second kappa shape index (κ2) is 6.05. The van der Waals surface area contributed by atoms with Crippen LogP contribution in [0.4, 0.5) is 13.2 Å². The molecule has 0 amide bonds. The molecule has 2 nitrogen and oxygen atoms in total. The lowest BCUT2D eigenvalue weighted by atomic mass is 9.84. The summed E-state index contributed by atoms with van der Waals surface area (Å²) in [4.78, 5) is 2.01. The highest BCUT2D eigenvalue weighted by Crippen LogP contribution is 2.37. The molecular weight excluding hydrogens is 229 g/mol. The maximum Gasteiger partial charge on any atom is 0.393 e. The molecule has 5 heteroatoms. The molecule has 1 N–H and O–H groups in total. The van der Waals surface area contributed by atoms with Gasteiger partial charge in [0.1, 0.15) is 0 Å². The van der Waals surface area contributed by atoms with Gasteiger partial charge in [0.05, 0.1) is 5.92 Å². The highest BCUT2D eigenvalue weighted by molar-refractivity contribution is 4.86. The molecule has 0 radical (unpaired) electrons. The van der Waals surface area contributed by atoms with Gasteiger partial charge in [-0.3, -0.25) is 0 Å². The van der Waals surface area contributed by atoms with Crippen LogP contribution in [0.1, 0.15) is 32.6 Å². The molecule has 102 valence electrons. The van der Waals surface area contributed by atoms with Crippen LogP contribution in [0.15, 0.2) is 0 Å². The SMILES string of the molecule is CC(CNC1CCCCC1C(F)(F)F)N(C)C. The van der Waals surface area contributed by atoms with E-state index in [9.17, 15) is 13.2 Å². The van der Waals surface area contributed by atoms with E-state index >= 15 is 0 Å². The maximum atomic E-state index is 12.8. The lowest BCUT2D eigenvalue weighted by Gasteiger charge is -2.35. The van der Waals surface area contributed by atoms with Gasteiger partial charge in [0, 0.05) is 18.6 Å². The summed E-state index contributed by atoms with van der Waals surface area (Å²) in [5, 5.41) is 3.10. The van der Waals surface area contributed by atoms with E-state index in [-0.39, 0.29) is 12.5 Å². The molecule has 0 aromatic carbocycles. The molecule has 0 heterocycles. The fourth-order valence-electron chi connectivity index (χ4n) is 2.27. The third kappa shape index (κ3) is 4.47. The summed E-state index contributed by atoms with van der Waals surface area (Å²) in [6.45, 7) is 2.63. The minimum atomic E-state index is -4.06. The minimum Gasteiger partial charge on any atom is -0.312 e. The predicted octanol–water partition coefficient (Wildman–Crippen LogP) is 2.65. The Morgan fingerprint density at radius 3 is 2.35 bits per heavy atom. The van der Waals surface area contributed by atoms with Crippen LogP contribution in [0.3, 0.4) is 0 Å². The quantitative estimate of drug-likeness (QED) is 0.827. The number of nitrogens with one attached hydrogen (secondary N) is 1. The topological polar surface area (TPSA) is 15.3 Å². The zero-order chi connectivity index (χ0) is 13.1. The minimum absolute atomic E-state index is 0.255. The first-order valence-corrected chi connectivity index (χ1v) is 6.29. The van der Waals surface area contributed by atoms with Crippen molar-refractivity contribution in [1.82, 2.24) is 10.2 Å². The molecule has 1 aliphatic carbocycles. The van der Waals surface area contributed by atoms with Gasteiger partial charge in [-0.05, 0) is 33.9 Å². The van der Waals surface area contributed by atoms with E-state index in [1.165, 1.54) is 0 Å². The molecule has 0 spiro atoms. The molecule has 1 saturated carbocycles. The molecule has 1 aliphatic rings. The van der Waals surface area contributed by atoms with Gasteiger partial charge in [0.25, 0.3) is 0 Å². The van der Waals surface area contributed by atoms with Gasteiger partial charge < -0.3 is 10.2 Å². The lowest BCUT2D eigenvalue weighted by molar-refractivity contribution is -0.189. The summed E-state index contributed by atoms with van der Waals surface area (Å²) in [5.74, 6) is -1.16. The van der Waals surface area contributed by atoms with Crippen molar-refractivity contribution in [1.29, 1.82) is 0 Å². The zero-order valence-electron chi connectivity index (χ0n) is 10.8. The van der Waals surface area contributed by atoms with E-state index in [1.54, 1.807) is 0 Å². The first-order valence-electron chi connectivity index (χ1n) is 6.29. The van der Waals surface area contributed by atoms with Crippen molar-refractivity contribution in [2.24, 2.45) is 5.92 Å². The highest BCUT2D eigenvalue weighted by atomic mass is 19.4. The van der Waals surface area contributed by atoms with Crippen LogP contribution >= 0.6 is 0 Å². The van der Waals surface area contributed by atoms with Crippen molar-refractivity contribution in [3.8, 4) is 0 Å². The number of nitrogens with zero attached hydrogens (tertiary/aromatic N) is 1. The van der Waals surface area contributed by atoms with Crippen LogP contribution in [0.2, 0.25) is 0 Å². The molecule has 0 aliphatic heterocycles. The third-order valence-electron chi connectivity index (χ3n) is 3.74. The van der Waals surface area contributed by atoms with Crippen molar-refractivity contribution in [3.63, 3.8) is 0 Å². The Hall–Kier alpha value is -0.290. The summed E-state index contributed by atoms with van der Waals surface area (Å²) < 4.78 is 38.5. The second-order valence-electron chi connectivity index (χ2n) is 5.26. The van der Waals surface area contributed by atoms with Gasteiger partial charge in [0.2, 0.25) is 0 Å². The number of halogens is 3. The monoisotopic (exact) mass is 252 g/mol. The summed E-state index contributed by atoms with van der Waals surface area (Å²) in [7, 11) is 3.88. The maximum absolute atomic E-state index is 12.8. The van der Waals surface area contributed by atoms with Crippen LogP contribution in [0, 0.1) is 5.92 Å². The second-order valence-corrected chi connectivity index (χ2v) is 5.26. The number of likely N-dealkylation sites (N-methyl/N-ethyl adjacent to an activating group) is 1. The molecule has 0 bridgehead atoms. The molecule has 0 aromatic rings. The average molecular weight is 252 g/mol. The summed E-state index contributed by atoms with van der Waals surface area (Å²) in [6.07, 6.45) is -1.53. The zero-order valence-corrected chi connectivity index (χ0v) is 10.8. The van der Waals surface area contributed by atoms with Crippen molar-refractivity contribution in [2.75, 3.05) is 20.6 Å². The lowest BCUT2D eigenvalue weighted by Crippen LogP contribution is -2.48. The van der Waals surface area contributed by atoms with Gasteiger partial charge in [-0.25, -0.2) is 0 Å². The fourth-order valence-corrected chi connectivity index (χ4v) is 2.27. The molecule has 1 fully saturated rings. The molecule has 0 aromatic heterocycles. The normalized spacial score (nSPS) is 28.4. The van der Waals surface area contributed by atoms with E-state index in [4.69, 9.17) is 0 Å². The molecule has 1 rings (SSSR count). The van der Waals surface area contributed by atoms with E-state index in [1.807, 2.05) is 25.9 Å². The van der Waals surface area contributed by atoms with E-state index in [0.717, 1.165) is 6.42 Å². The van der Waals surface area contributed by atoms with Crippen molar-refractivity contribution in [3.05, 3.63) is 0 Å². The van der Waals surface area contributed by atoms with Gasteiger partial charge in [-0.15, -0.1) is 0 Å². The van der Waals surface area contributed by atoms with E-state index in [0.29, 0.717) is 19.4 Å². The summed E-state index contributed by atoms with van der Waals surface area (Å²) in [6, 6.07) is -0.142. The van der Waals surface area contributed by atoms with E-state index < -0.39 is 18.1 Å². The first kappa shape index (κ1) is 14.8. The standard InChI is InChI=1S/C12H23F3N2/c1-9(17(2)3)8-16-11-7-5-4-6-10(11)12(13,14)15/h9-11,16H,4-8H2,1-3H3. The Morgan fingerprint density at radius 1 is 1.24 bits per heavy atom. The van der Waals surface area contributed by atoms with E-state index in [2.05, 4.69) is 5.32 Å². The number of hydrogen-bond acceptors (Lipinski definition) is 2. The molecule has 3 atom stereocenters. The Balaban J connectivity index is 2.49. The van der Waals surface area contributed by atoms with Gasteiger partial charge in [-0.1, -0.05) is 12.8 Å². The predicted molar refractivity (Wildman–Crippen MR) is 63.0 cm³/mol. The van der Waals surface area contributed by atoms with Crippen LogP contribution < -0.4 is 5.32 Å². The smallest absolute Gasteiger partial charge is 0.312 e. The number of rotatable bonds is 4. The Kier molecular flexibility index (Phi) is 5.25. The Labute approximate surface area is 102 Å². The summed E-state index contributed by atoms with van der Waals surface area (Å²) >= 11 is 0. The fraction of sp³-hybridized carbons (Fsp3) is 1.00. The number of hydrogen-bond donors (Lipinski definition) is 1. The molecular formula is C12H23F3N2. The van der Waals surface area contributed by atoms with Gasteiger partial charge >= 0.3 is 6.18 Å². The van der Waals surface area contributed by atoms with Crippen molar-refractivity contribution >= 4 is 0 Å². The van der Waals surface area contributed by atoms with Gasteiger partial charge in [-0.2, -0.15) is 13.2 Å². The van der Waals surface area contributed by atoms with Crippen LogP contribution in [-0.4, -0.2) is 43.8 Å².